The predicted molar refractivity (Wildman–Crippen MR) is 223 cm³/mol. The number of methoxy groups -OCH3 is 1. The van der Waals surface area contributed by atoms with Crippen LogP contribution in [0.25, 0.3) is 28.3 Å². The Bertz CT molecular complexity index is 2280. The lowest BCUT2D eigenvalue weighted by molar-refractivity contribution is -0.198. The molecule has 3 aromatic carbocycles. The van der Waals surface area contributed by atoms with Gasteiger partial charge >= 0.3 is 6.09 Å². The SMILES string of the molecule is COc1ccc(-c2cnc(N3CCC(N(Cc4ccc(/C=C/C(=O)NOC5CCCCO5)cc4)C(=O)OC(C)(C)C)CC3)c(CC#N)c2-c2ccc(C#N)c(F)c2)cc1O. The maximum absolute atomic E-state index is 15.2. The minimum absolute atomic E-state index is 0.0573. The molecule has 60 heavy (non-hydrogen) atoms. The van der Waals surface area contributed by atoms with Gasteiger partial charge in [-0.15, -0.1) is 0 Å². The molecule has 0 bridgehead atoms. The predicted octanol–water partition coefficient (Wildman–Crippen LogP) is 8.20. The Labute approximate surface area is 349 Å². The fourth-order valence-corrected chi connectivity index (χ4v) is 7.35. The van der Waals surface area contributed by atoms with Gasteiger partial charge in [0.2, 0.25) is 0 Å². The van der Waals surface area contributed by atoms with Crippen molar-refractivity contribution in [1.29, 1.82) is 10.5 Å². The minimum Gasteiger partial charge on any atom is -0.504 e. The van der Waals surface area contributed by atoms with Gasteiger partial charge in [-0.25, -0.2) is 24.5 Å². The highest BCUT2D eigenvalue weighted by Crippen LogP contribution is 2.42. The van der Waals surface area contributed by atoms with Crippen molar-refractivity contribution in [1.82, 2.24) is 15.4 Å². The third-order valence-corrected chi connectivity index (χ3v) is 10.3. The van der Waals surface area contributed by atoms with Crippen LogP contribution in [-0.2, 0) is 32.1 Å². The molecule has 14 heteroatoms. The van der Waals surface area contributed by atoms with E-state index >= 15 is 4.39 Å². The third kappa shape index (κ3) is 10.8. The second kappa shape index (κ2) is 19.5. The van der Waals surface area contributed by atoms with Crippen LogP contribution in [0.15, 0.2) is 72.9 Å². The Morgan fingerprint density at radius 3 is 2.43 bits per heavy atom. The smallest absolute Gasteiger partial charge is 0.410 e. The normalized spacial score (nSPS) is 15.8. The van der Waals surface area contributed by atoms with Gasteiger partial charge in [-0.3, -0.25) is 4.79 Å². The van der Waals surface area contributed by atoms with Crippen LogP contribution >= 0.6 is 0 Å². The summed E-state index contributed by atoms with van der Waals surface area (Å²) >= 11 is 0. The van der Waals surface area contributed by atoms with Crippen molar-refractivity contribution in [3.8, 4) is 45.9 Å². The van der Waals surface area contributed by atoms with Gasteiger partial charge in [-0.2, -0.15) is 10.5 Å². The molecule has 4 aromatic rings. The molecule has 2 aliphatic rings. The molecule has 1 atom stereocenters. The van der Waals surface area contributed by atoms with E-state index in [1.165, 1.54) is 31.4 Å². The number of benzene rings is 3. The highest BCUT2D eigenvalue weighted by molar-refractivity contribution is 5.91. The van der Waals surface area contributed by atoms with E-state index in [1.54, 1.807) is 35.4 Å². The molecule has 2 amide bonds. The Morgan fingerprint density at radius 2 is 1.80 bits per heavy atom. The van der Waals surface area contributed by atoms with Crippen molar-refractivity contribution in [2.24, 2.45) is 0 Å². The van der Waals surface area contributed by atoms with Crippen LogP contribution in [0.1, 0.15) is 75.1 Å². The van der Waals surface area contributed by atoms with Crippen molar-refractivity contribution >= 4 is 23.9 Å². The summed E-state index contributed by atoms with van der Waals surface area (Å²) in [5.74, 6) is -0.382. The van der Waals surface area contributed by atoms with Crippen LogP contribution in [0, 0.1) is 28.5 Å². The number of nitrogens with zero attached hydrogens (tertiary/aromatic N) is 5. The number of nitrogens with one attached hydrogen (secondary N) is 1. The number of halogens is 1. The highest BCUT2D eigenvalue weighted by Gasteiger charge is 2.33. The van der Waals surface area contributed by atoms with Crippen LogP contribution in [0.2, 0.25) is 0 Å². The number of hydrogen-bond acceptors (Lipinski definition) is 11. The lowest BCUT2D eigenvalue weighted by Gasteiger charge is -2.40. The molecule has 0 spiro atoms. The number of carbonyl (C=O) groups is 2. The molecule has 2 fully saturated rings. The number of carbonyl (C=O) groups excluding carboxylic acids is 2. The molecule has 2 N–H and O–H groups in total. The zero-order chi connectivity index (χ0) is 42.8. The monoisotopic (exact) mass is 816 g/mol. The van der Waals surface area contributed by atoms with E-state index in [4.69, 9.17) is 24.0 Å². The van der Waals surface area contributed by atoms with Crippen molar-refractivity contribution in [2.45, 2.75) is 83.8 Å². The summed E-state index contributed by atoms with van der Waals surface area (Å²) in [4.78, 5) is 40.1. The molecule has 2 aliphatic heterocycles. The van der Waals surface area contributed by atoms with Crippen molar-refractivity contribution in [2.75, 3.05) is 31.7 Å². The first-order chi connectivity index (χ1) is 28.9. The number of rotatable bonds is 12. The molecule has 0 radical (unpaired) electrons. The third-order valence-electron chi connectivity index (χ3n) is 10.3. The molecule has 6 rings (SSSR count). The van der Waals surface area contributed by atoms with E-state index in [9.17, 15) is 25.2 Å². The average Bonchev–Trinajstić information content (AvgIpc) is 3.24. The molecule has 312 valence electrons. The number of anilines is 1. The van der Waals surface area contributed by atoms with Gasteiger partial charge in [0.05, 0.1) is 25.2 Å². The van der Waals surface area contributed by atoms with Gasteiger partial charge in [0.25, 0.3) is 5.91 Å². The van der Waals surface area contributed by atoms with E-state index in [0.717, 1.165) is 30.4 Å². The maximum atomic E-state index is 15.2. The Morgan fingerprint density at radius 1 is 1.05 bits per heavy atom. The fraction of sp³-hybridized carbons (Fsp3) is 0.370. The van der Waals surface area contributed by atoms with Crippen LogP contribution in [-0.4, -0.2) is 71.7 Å². The van der Waals surface area contributed by atoms with E-state index in [2.05, 4.69) is 16.4 Å². The molecule has 3 heterocycles. The van der Waals surface area contributed by atoms with E-state index in [1.807, 2.05) is 51.1 Å². The molecule has 13 nitrogen and oxygen atoms in total. The van der Waals surface area contributed by atoms with Crippen molar-refractivity contribution < 1.29 is 38.1 Å². The summed E-state index contributed by atoms with van der Waals surface area (Å²) in [5.41, 5.74) is 5.93. The summed E-state index contributed by atoms with van der Waals surface area (Å²) in [5, 5.41) is 30.2. The van der Waals surface area contributed by atoms with Gasteiger partial charge in [0.1, 0.15) is 23.3 Å². The number of aromatic hydroxyl groups is 1. The summed E-state index contributed by atoms with van der Waals surface area (Å²) in [7, 11) is 1.45. The number of aromatic nitrogens is 1. The van der Waals surface area contributed by atoms with Crippen molar-refractivity contribution in [3.63, 3.8) is 0 Å². The second-order valence-electron chi connectivity index (χ2n) is 15.7. The Balaban J connectivity index is 1.23. The number of ether oxygens (including phenoxy) is 3. The van der Waals surface area contributed by atoms with E-state index < -0.39 is 29.7 Å². The largest absolute Gasteiger partial charge is 0.504 e. The van der Waals surface area contributed by atoms with Gasteiger partial charge in [-0.1, -0.05) is 36.4 Å². The lowest BCUT2D eigenvalue weighted by Crippen LogP contribution is -2.48. The molecule has 1 aromatic heterocycles. The maximum Gasteiger partial charge on any atom is 0.410 e. The Kier molecular flexibility index (Phi) is 14.0. The molecular formula is C46H49FN6O7. The second-order valence-corrected chi connectivity index (χ2v) is 15.7. The van der Waals surface area contributed by atoms with Crippen LogP contribution in [0.5, 0.6) is 11.5 Å². The molecule has 2 saturated heterocycles. The zero-order valence-electron chi connectivity index (χ0n) is 34.2. The summed E-state index contributed by atoms with van der Waals surface area (Å²) in [6.45, 7) is 7.35. The summed E-state index contributed by atoms with van der Waals surface area (Å²) in [6, 6.07) is 20.7. The van der Waals surface area contributed by atoms with Crippen molar-refractivity contribution in [3.05, 3.63) is 101 Å². The molecular weight excluding hydrogens is 768 g/mol. The number of amides is 2. The quantitative estimate of drug-likeness (QED) is 0.104. The molecule has 0 saturated carbocycles. The van der Waals surface area contributed by atoms with Gasteiger partial charge in [-0.05, 0) is 105 Å². The van der Waals surface area contributed by atoms with Gasteiger partial charge in [0, 0.05) is 62.1 Å². The molecule has 1 unspecified atom stereocenters. The average molecular weight is 817 g/mol. The zero-order valence-corrected chi connectivity index (χ0v) is 34.2. The number of nitriles is 2. The highest BCUT2D eigenvalue weighted by atomic mass is 19.1. The number of phenols is 1. The number of phenolic OH excluding ortho intramolecular Hbond substituents is 1. The fourth-order valence-electron chi connectivity index (χ4n) is 7.35. The van der Waals surface area contributed by atoms with Gasteiger partial charge in [0.15, 0.2) is 17.8 Å². The number of hydroxylamine groups is 1. The Hall–Kier alpha value is -6.48. The topological polar surface area (TPSA) is 170 Å². The summed E-state index contributed by atoms with van der Waals surface area (Å²) < 4.78 is 31.8. The summed E-state index contributed by atoms with van der Waals surface area (Å²) in [6.07, 6.45) is 7.58. The van der Waals surface area contributed by atoms with Crippen LogP contribution < -0.4 is 15.1 Å². The minimum atomic E-state index is -0.724. The van der Waals surface area contributed by atoms with Gasteiger partial charge < -0.3 is 29.1 Å². The van der Waals surface area contributed by atoms with E-state index in [-0.39, 0.29) is 36.1 Å². The first-order valence-electron chi connectivity index (χ1n) is 19.9. The van der Waals surface area contributed by atoms with Crippen LogP contribution in [0.4, 0.5) is 15.0 Å². The first-order valence-corrected chi connectivity index (χ1v) is 19.9. The number of pyridine rings is 1. The first kappa shape index (κ1) is 43.1. The van der Waals surface area contributed by atoms with E-state index in [0.29, 0.717) is 66.2 Å². The number of piperidine rings is 1. The van der Waals surface area contributed by atoms with Crippen LogP contribution in [0.3, 0.4) is 0 Å². The lowest BCUT2D eigenvalue weighted by atomic mass is 9.89. The number of hydrogen-bond donors (Lipinski definition) is 2. The standard InChI is InChI=1S/C46H49FN6O7/c1-46(2,3)59-45(56)53(29-31-10-8-30(9-11-31)12-17-41(55)51-60-42-7-5-6-24-58-42)35-19-22-52(23-20-35)44-36(18-21-48)43(33-13-14-34(27-49)38(47)25-33)37(28-50-44)32-15-16-40(57-4)39(54)26-32/h8-17,25-26,28,35,42,54H,5-7,18-20,22-24,29H2,1-4H3,(H,51,55)/b17-12+. The molecule has 0 aliphatic carbocycles.